The Labute approximate surface area is 87.0 Å². The van der Waals surface area contributed by atoms with Crippen molar-refractivity contribution >= 4 is 11.8 Å². The van der Waals surface area contributed by atoms with Gasteiger partial charge in [0.25, 0.3) is 0 Å². The van der Waals surface area contributed by atoms with Crippen LogP contribution in [-0.4, -0.2) is 33.5 Å². The van der Waals surface area contributed by atoms with Crippen LogP contribution in [0.5, 0.6) is 0 Å². The van der Waals surface area contributed by atoms with Gasteiger partial charge in [0.05, 0.1) is 6.61 Å². The third-order valence-corrected chi connectivity index (χ3v) is 1.74. The number of carbonyl (C=O) groups is 2. The molecule has 82 valence electrons. The fourth-order valence-corrected chi connectivity index (χ4v) is 1.07. The Bertz CT molecular complexity index is 321. The maximum atomic E-state index is 11.3. The number of H-pyrrole nitrogens is 1. The third-order valence-electron chi connectivity index (χ3n) is 1.74. The molecule has 0 aliphatic rings. The molecule has 0 aliphatic carbocycles. The summed E-state index contributed by atoms with van der Waals surface area (Å²) in [5, 5.41) is 6.35. The number of aryl methyl sites for hydroxylation is 1. The summed E-state index contributed by atoms with van der Waals surface area (Å²) in [6.07, 6.45) is 1.99. The molecule has 1 heterocycles. The summed E-state index contributed by atoms with van der Waals surface area (Å²) in [7, 11) is 0. The number of ether oxygens (including phenoxy) is 1. The highest BCUT2D eigenvalue weighted by Crippen LogP contribution is 1.98. The van der Waals surface area contributed by atoms with E-state index in [1.807, 2.05) is 0 Å². The highest BCUT2D eigenvalue weighted by Gasteiger charge is 2.10. The minimum absolute atomic E-state index is 0.154. The molecule has 0 aliphatic heterocycles. The van der Waals surface area contributed by atoms with Crippen molar-refractivity contribution in [1.29, 1.82) is 0 Å². The topological polar surface area (TPSA) is 84.9 Å². The van der Waals surface area contributed by atoms with Gasteiger partial charge >= 0.3 is 5.97 Å². The first kappa shape index (κ1) is 11.4. The van der Waals surface area contributed by atoms with Gasteiger partial charge in [0.1, 0.15) is 18.5 Å². The number of carbonyl (C=O) groups excluding carboxylic acids is 2. The molecule has 0 fully saturated rings. The van der Waals surface area contributed by atoms with E-state index in [0.717, 1.165) is 0 Å². The molecule has 6 nitrogen and oxygen atoms in total. The summed E-state index contributed by atoms with van der Waals surface area (Å²) in [5.41, 5.74) is 0. The van der Waals surface area contributed by atoms with Gasteiger partial charge in [0.15, 0.2) is 5.82 Å². The third kappa shape index (κ3) is 4.35. The van der Waals surface area contributed by atoms with Crippen LogP contribution in [0.1, 0.15) is 25.6 Å². The summed E-state index contributed by atoms with van der Waals surface area (Å²) < 4.78 is 4.65. The van der Waals surface area contributed by atoms with Gasteiger partial charge in [-0.1, -0.05) is 0 Å². The van der Waals surface area contributed by atoms with Crippen LogP contribution >= 0.6 is 0 Å². The number of Topliss-reactive ketones (excluding diaryl/α,β-unsaturated/α-hetero) is 1. The Hall–Kier alpha value is -1.72. The predicted octanol–water partition coefficient (Wildman–Crippen LogP) is 0.260. The van der Waals surface area contributed by atoms with E-state index in [2.05, 4.69) is 19.9 Å². The lowest BCUT2D eigenvalue weighted by molar-refractivity contribution is -0.145. The average Bonchev–Trinajstić information content (AvgIpc) is 2.67. The van der Waals surface area contributed by atoms with Crippen molar-refractivity contribution in [2.75, 3.05) is 6.61 Å². The normalized spacial score (nSPS) is 9.93. The first-order valence-electron chi connectivity index (χ1n) is 4.74. The zero-order chi connectivity index (χ0) is 11.1. The van der Waals surface area contributed by atoms with Crippen molar-refractivity contribution in [2.24, 2.45) is 0 Å². The minimum atomic E-state index is -0.475. The van der Waals surface area contributed by atoms with Gasteiger partial charge in [-0.25, -0.2) is 4.98 Å². The summed E-state index contributed by atoms with van der Waals surface area (Å²) in [4.78, 5) is 26.1. The molecule has 15 heavy (non-hydrogen) atoms. The number of aromatic amines is 1. The van der Waals surface area contributed by atoms with E-state index in [-0.39, 0.29) is 18.6 Å². The quantitative estimate of drug-likeness (QED) is 0.539. The maximum absolute atomic E-state index is 11.3. The van der Waals surface area contributed by atoms with Crippen LogP contribution in [0.2, 0.25) is 0 Å². The van der Waals surface area contributed by atoms with E-state index < -0.39 is 5.97 Å². The Morgan fingerprint density at radius 1 is 1.53 bits per heavy atom. The molecule has 0 saturated heterocycles. The van der Waals surface area contributed by atoms with Crippen LogP contribution in [0.15, 0.2) is 6.33 Å². The van der Waals surface area contributed by atoms with E-state index in [0.29, 0.717) is 18.9 Å². The standard InChI is InChI=1S/C9H13N3O3/c1-2-15-9(14)5-7(13)3-4-8-10-6-11-12-8/h6H,2-5H2,1H3,(H,10,11,12). The number of nitrogens with one attached hydrogen (secondary N) is 1. The molecule has 0 aromatic carbocycles. The monoisotopic (exact) mass is 211 g/mol. The molecule has 1 rings (SSSR count). The number of hydrogen-bond donors (Lipinski definition) is 1. The Kier molecular flexibility index (Phi) is 4.46. The fourth-order valence-electron chi connectivity index (χ4n) is 1.07. The lowest BCUT2D eigenvalue weighted by Crippen LogP contribution is -2.11. The Morgan fingerprint density at radius 2 is 2.33 bits per heavy atom. The van der Waals surface area contributed by atoms with Crippen LogP contribution in [0.4, 0.5) is 0 Å². The number of esters is 1. The molecule has 0 amide bonds. The number of hydrogen-bond acceptors (Lipinski definition) is 5. The predicted molar refractivity (Wildman–Crippen MR) is 51.0 cm³/mol. The van der Waals surface area contributed by atoms with Crippen molar-refractivity contribution in [3.05, 3.63) is 12.2 Å². The number of nitrogens with zero attached hydrogens (tertiary/aromatic N) is 2. The molecule has 0 unspecified atom stereocenters. The van der Waals surface area contributed by atoms with Crippen molar-refractivity contribution in [3.8, 4) is 0 Å². The highest BCUT2D eigenvalue weighted by atomic mass is 16.5. The Morgan fingerprint density at radius 3 is 2.93 bits per heavy atom. The van der Waals surface area contributed by atoms with Gasteiger partial charge in [-0.2, -0.15) is 5.10 Å². The largest absolute Gasteiger partial charge is 0.466 e. The first-order valence-corrected chi connectivity index (χ1v) is 4.74. The van der Waals surface area contributed by atoms with Gasteiger partial charge in [0, 0.05) is 12.8 Å². The van der Waals surface area contributed by atoms with Crippen molar-refractivity contribution in [1.82, 2.24) is 15.2 Å². The maximum Gasteiger partial charge on any atom is 0.313 e. The SMILES string of the molecule is CCOC(=O)CC(=O)CCc1nc[nH]n1. The van der Waals surface area contributed by atoms with Gasteiger partial charge in [-0.05, 0) is 6.92 Å². The molecule has 0 bridgehead atoms. The molecule has 0 atom stereocenters. The lowest BCUT2D eigenvalue weighted by Gasteiger charge is -1.99. The zero-order valence-corrected chi connectivity index (χ0v) is 8.52. The molecule has 1 aromatic heterocycles. The number of rotatable bonds is 6. The van der Waals surface area contributed by atoms with E-state index in [1.165, 1.54) is 6.33 Å². The second-order valence-electron chi connectivity index (χ2n) is 2.94. The van der Waals surface area contributed by atoms with Gasteiger partial charge < -0.3 is 4.74 Å². The second kappa shape index (κ2) is 5.90. The van der Waals surface area contributed by atoms with Crippen molar-refractivity contribution in [2.45, 2.75) is 26.2 Å². The van der Waals surface area contributed by atoms with Gasteiger partial charge in [0.2, 0.25) is 0 Å². The first-order chi connectivity index (χ1) is 7.22. The van der Waals surface area contributed by atoms with E-state index in [9.17, 15) is 9.59 Å². The van der Waals surface area contributed by atoms with Crippen molar-refractivity contribution < 1.29 is 14.3 Å². The minimum Gasteiger partial charge on any atom is -0.466 e. The van der Waals surface area contributed by atoms with Crippen LogP contribution in [0.3, 0.4) is 0 Å². The molecule has 0 spiro atoms. The van der Waals surface area contributed by atoms with Crippen LogP contribution in [-0.2, 0) is 20.7 Å². The van der Waals surface area contributed by atoms with E-state index in [1.54, 1.807) is 6.92 Å². The molecule has 1 aromatic rings. The van der Waals surface area contributed by atoms with Crippen LogP contribution < -0.4 is 0 Å². The van der Waals surface area contributed by atoms with Gasteiger partial charge in [-0.15, -0.1) is 0 Å². The summed E-state index contributed by atoms with van der Waals surface area (Å²) in [6, 6.07) is 0. The molecule has 0 saturated carbocycles. The average molecular weight is 211 g/mol. The Balaban J connectivity index is 2.22. The van der Waals surface area contributed by atoms with Gasteiger partial charge in [-0.3, -0.25) is 14.7 Å². The fraction of sp³-hybridized carbons (Fsp3) is 0.556. The highest BCUT2D eigenvalue weighted by molar-refractivity contribution is 5.95. The summed E-state index contributed by atoms with van der Waals surface area (Å²) >= 11 is 0. The molecule has 6 heteroatoms. The molecular weight excluding hydrogens is 198 g/mol. The zero-order valence-electron chi connectivity index (χ0n) is 8.52. The lowest BCUT2D eigenvalue weighted by atomic mass is 10.1. The summed E-state index contributed by atoms with van der Waals surface area (Å²) in [6.45, 7) is 2.00. The van der Waals surface area contributed by atoms with Crippen molar-refractivity contribution in [3.63, 3.8) is 0 Å². The van der Waals surface area contributed by atoms with Crippen LogP contribution in [0.25, 0.3) is 0 Å². The van der Waals surface area contributed by atoms with Crippen LogP contribution in [0, 0.1) is 0 Å². The molecular formula is C9H13N3O3. The molecule has 1 N–H and O–H groups in total. The molecule has 0 radical (unpaired) electrons. The van der Waals surface area contributed by atoms with E-state index in [4.69, 9.17) is 0 Å². The van der Waals surface area contributed by atoms with E-state index >= 15 is 0 Å². The number of ketones is 1. The summed E-state index contributed by atoms with van der Waals surface area (Å²) in [5.74, 6) is -0.0528. The number of aromatic nitrogens is 3. The second-order valence-corrected chi connectivity index (χ2v) is 2.94. The smallest absolute Gasteiger partial charge is 0.313 e.